The monoisotopic (exact) mass is 717 g/mol. The van der Waals surface area contributed by atoms with Crippen LogP contribution >= 0.6 is 0 Å². The number of fused-ring (bicyclic) bond motifs is 7. The molecule has 0 aliphatic heterocycles. The summed E-state index contributed by atoms with van der Waals surface area (Å²) in [6.07, 6.45) is 8.96. The molecule has 7 heteroatoms. The third kappa shape index (κ3) is 6.53. The van der Waals surface area contributed by atoms with E-state index in [4.69, 9.17) is 9.84 Å². The van der Waals surface area contributed by atoms with Gasteiger partial charge in [-0.25, -0.2) is 0 Å². The van der Waals surface area contributed by atoms with Crippen molar-refractivity contribution in [3.8, 4) is 0 Å². The second-order valence-corrected chi connectivity index (χ2v) is 19.5. The standard InChI is InChI=1S/C44H63NO5.CH4O/c1-26(2)28-13-11-12-14-31(28)45-39(49)44-22-17-30-29(38(44)37(27(3)4)32(47)23-44)15-16-34-42(30,9)20-18-33-41(7,8)35(19-21-43(33,34)10)50-36(48)24-40(5,6)25-46;1-2/h11-14,25-27,29-30,33-35H,15-24H2,1-10H3,(H,45,49);2H,1H3/t29?,30?,33?,34?,35-,42-,43-,44?;/m0./s1. The first-order valence-electron chi connectivity index (χ1n) is 20.1. The van der Waals surface area contributed by atoms with Gasteiger partial charge in [-0.05, 0) is 120 Å². The number of amides is 1. The van der Waals surface area contributed by atoms with Crippen molar-refractivity contribution in [2.45, 2.75) is 145 Å². The molecule has 0 bridgehead atoms. The van der Waals surface area contributed by atoms with Crippen molar-refractivity contribution in [2.75, 3.05) is 12.4 Å². The Hall–Kier alpha value is -2.80. The van der Waals surface area contributed by atoms with Gasteiger partial charge in [0, 0.05) is 30.0 Å². The zero-order valence-corrected chi connectivity index (χ0v) is 34.0. The molecule has 0 radical (unpaired) electrons. The molecular formula is C45H67NO6. The number of carbonyl (C=O) groups is 4. The van der Waals surface area contributed by atoms with Crippen LogP contribution in [0.5, 0.6) is 0 Å². The van der Waals surface area contributed by atoms with Gasteiger partial charge in [-0.3, -0.25) is 14.4 Å². The number of hydrogen-bond donors (Lipinski definition) is 2. The van der Waals surface area contributed by atoms with Crippen molar-refractivity contribution < 1.29 is 29.0 Å². The van der Waals surface area contributed by atoms with E-state index in [1.54, 1.807) is 13.8 Å². The molecule has 0 saturated heterocycles. The van der Waals surface area contributed by atoms with Crippen molar-refractivity contribution in [2.24, 2.45) is 56.7 Å². The van der Waals surface area contributed by atoms with Gasteiger partial charge in [0.1, 0.15) is 12.4 Å². The molecule has 4 fully saturated rings. The zero-order valence-electron chi connectivity index (χ0n) is 34.0. The fourth-order valence-electron chi connectivity index (χ4n) is 12.7. The molecule has 8 atom stereocenters. The van der Waals surface area contributed by atoms with Crippen LogP contribution in [0.25, 0.3) is 0 Å². The summed E-state index contributed by atoms with van der Waals surface area (Å²) in [5.41, 5.74) is 2.67. The van der Waals surface area contributed by atoms with Crippen LogP contribution < -0.4 is 5.32 Å². The van der Waals surface area contributed by atoms with E-state index in [9.17, 15) is 19.2 Å². The summed E-state index contributed by atoms with van der Waals surface area (Å²) in [5.74, 6) is 1.90. The van der Waals surface area contributed by atoms with Gasteiger partial charge in [0.05, 0.1) is 11.8 Å². The van der Waals surface area contributed by atoms with Gasteiger partial charge in [-0.1, -0.05) is 87.4 Å². The lowest BCUT2D eigenvalue weighted by atomic mass is 9.36. The molecule has 5 aliphatic rings. The van der Waals surface area contributed by atoms with Gasteiger partial charge < -0.3 is 20.0 Å². The number of hydrogen-bond acceptors (Lipinski definition) is 6. The van der Waals surface area contributed by atoms with E-state index in [-0.39, 0.29) is 64.2 Å². The number of Topliss-reactive ketones (excluding diaryl/α,β-unsaturated/α-hetero) is 1. The van der Waals surface area contributed by atoms with Crippen molar-refractivity contribution in [1.82, 2.24) is 0 Å². The number of anilines is 1. The van der Waals surface area contributed by atoms with E-state index in [1.807, 2.05) is 18.2 Å². The van der Waals surface area contributed by atoms with Gasteiger partial charge >= 0.3 is 5.97 Å². The first kappa shape index (κ1) is 40.4. The Morgan fingerprint density at radius 1 is 0.904 bits per heavy atom. The molecule has 6 rings (SSSR count). The SMILES string of the molecule is CC(C)C1=C2C3CCC4[C@@](C)(CCC5C(C)(C)[C@@H](OC(=O)CC(C)(C)C=O)CC[C@@]54C)C3CCC2(C(=O)Nc2ccccc2C(C)C)CC1=O.CO. The maximum atomic E-state index is 14.7. The Bertz CT molecular complexity index is 1590. The van der Waals surface area contributed by atoms with Crippen molar-refractivity contribution >= 4 is 29.6 Å². The number of aliphatic hydroxyl groups excluding tert-OH is 1. The molecule has 5 unspecified atom stereocenters. The predicted octanol–water partition coefficient (Wildman–Crippen LogP) is 9.47. The third-order valence-corrected chi connectivity index (χ3v) is 15.0. The lowest BCUT2D eigenvalue weighted by molar-refractivity contribution is -0.213. The molecule has 0 spiro atoms. The third-order valence-electron chi connectivity index (χ3n) is 15.0. The van der Waals surface area contributed by atoms with E-state index >= 15 is 0 Å². The summed E-state index contributed by atoms with van der Waals surface area (Å²) in [6, 6.07) is 8.12. The highest BCUT2D eigenvalue weighted by atomic mass is 16.5. The van der Waals surface area contributed by atoms with Gasteiger partial charge in [0.2, 0.25) is 5.91 Å². The fraction of sp³-hybridized carbons (Fsp3) is 0.733. The van der Waals surface area contributed by atoms with Crippen molar-refractivity contribution in [3.05, 3.63) is 41.0 Å². The smallest absolute Gasteiger partial charge is 0.307 e. The van der Waals surface area contributed by atoms with Crippen molar-refractivity contribution in [3.63, 3.8) is 0 Å². The number of nitrogens with one attached hydrogen (secondary N) is 1. The lowest BCUT2D eigenvalue weighted by Gasteiger charge is -2.68. The molecule has 52 heavy (non-hydrogen) atoms. The van der Waals surface area contributed by atoms with E-state index in [1.165, 1.54) is 5.57 Å². The van der Waals surface area contributed by atoms with E-state index in [0.29, 0.717) is 24.2 Å². The number of esters is 1. The Labute approximate surface area is 313 Å². The van der Waals surface area contributed by atoms with Crippen molar-refractivity contribution in [1.29, 1.82) is 0 Å². The van der Waals surface area contributed by atoms with Crippen LogP contribution in [-0.2, 0) is 23.9 Å². The maximum Gasteiger partial charge on any atom is 0.307 e. The number of carbonyl (C=O) groups excluding carboxylic acids is 4. The van der Waals surface area contributed by atoms with Gasteiger partial charge in [0.15, 0.2) is 5.78 Å². The number of allylic oxidation sites excluding steroid dienone is 1. The number of aliphatic hydroxyl groups is 1. The summed E-state index contributed by atoms with van der Waals surface area (Å²) < 4.78 is 6.20. The first-order valence-corrected chi connectivity index (χ1v) is 20.1. The van der Waals surface area contributed by atoms with Crippen LogP contribution in [-0.4, -0.2) is 42.3 Å². The minimum Gasteiger partial charge on any atom is -0.462 e. The average molecular weight is 718 g/mol. The maximum absolute atomic E-state index is 14.7. The second kappa shape index (κ2) is 14.5. The molecule has 2 N–H and O–H groups in total. The topological polar surface area (TPSA) is 110 Å². The normalized spacial score (nSPS) is 35.0. The molecule has 288 valence electrons. The molecule has 1 aromatic carbocycles. The number of para-hydroxylation sites is 1. The minimum atomic E-state index is -0.769. The Kier molecular flexibility index (Phi) is 11.2. The average Bonchev–Trinajstić information content (AvgIpc) is 3.40. The van der Waals surface area contributed by atoms with Crippen LogP contribution in [0.3, 0.4) is 0 Å². The van der Waals surface area contributed by atoms with Crippen LogP contribution in [0, 0.1) is 56.7 Å². The number of ketones is 1. The highest BCUT2D eigenvalue weighted by molar-refractivity contribution is 6.10. The largest absolute Gasteiger partial charge is 0.462 e. The molecule has 0 aromatic heterocycles. The Morgan fingerprint density at radius 2 is 1.56 bits per heavy atom. The van der Waals surface area contributed by atoms with Crippen LogP contribution in [0.4, 0.5) is 5.69 Å². The van der Waals surface area contributed by atoms with Gasteiger partial charge in [-0.15, -0.1) is 0 Å². The summed E-state index contributed by atoms with van der Waals surface area (Å²) in [4.78, 5) is 53.2. The lowest BCUT2D eigenvalue weighted by Crippen LogP contribution is -2.63. The van der Waals surface area contributed by atoms with E-state index in [2.05, 4.69) is 66.8 Å². The quantitative estimate of drug-likeness (QED) is 0.205. The number of ether oxygens (including phenoxy) is 1. The van der Waals surface area contributed by atoms with Crippen LogP contribution in [0.15, 0.2) is 35.4 Å². The first-order chi connectivity index (χ1) is 24.3. The fourth-order valence-corrected chi connectivity index (χ4v) is 12.7. The number of aldehydes is 1. The Balaban J connectivity index is 0.00000257. The molecule has 0 heterocycles. The summed E-state index contributed by atoms with van der Waals surface area (Å²) >= 11 is 0. The molecule has 1 aromatic rings. The molecule has 5 aliphatic carbocycles. The predicted molar refractivity (Wildman–Crippen MR) is 206 cm³/mol. The summed E-state index contributed by atoms with van der Waals surface area (Å²) in [5, 5.41) is 10.4. The number of rotatable bonds is 8. The summed E-state index contributed by atoms with van der Waals surface area (Å²) in [7, 11) is 1.00. The molecule has 7 nitrogen and oxygen atoms in total. The summed E-state index contributed by atoms with van der Waals surface area (Å²) in [6.45, 7) is 21.9. The minimum absolute atomic E-state index is 0.0112. The molecule has 4 saturated carbocycles. The zero-order chi connectivity index (χ0) is 38.6. The molecular weight excluding hydrogens is 650 g/mol. The second-order valence-electron chi connectivity index (χ2n) is 19.5. The Morgan fingerprint density at radius 3 is 2.19 bits per heavy atom. The van der Waals surface area contributed by atoms with Gasteiger partial charge in [0.25, 0.3) is 0 Å². The van der Waals surface area contributed by atoms with Crippen LogP contribution in [0.2, 0.25) is 0 Å². The number of benzene rings is 1. The highest BCUT2D eigenvalue weighted by Crippen LogP contribution is 2.73. The highest BCUT2D eigenvalue weighted by Gasteiger charge is 2.67. The van der Waals surface area contributed by atoms with E-state index in [0.717, 1.165) is 81.6 Å². The molecule has 1 amide bonds. The van der Waals surface area contributed by atoms with Gasteiger partial charge in [-0.2, -0.15) is 0 Å². The van der Waals surface area contributed by atoms with E-state index < -0.39 is 10.8 Å². The van der Waals surface area contributed by atoms with Crippen LogP contribution in [0.1, 0.15) is 145 Å².